The molecule has 0 radical (unpaired) electrons. The van der Waals surface area contributed by atoms with E-state index in [4.69, 9.17) is 0 Å². The highest BCUT2D eigenvalue weighted by molar-refractivity contribution is 4.87. The predicted molar refractivity (Wildman–Crippen MR) is 64.9 cm³/mol. The van der Waals surface area contributed by atoms with Crippen molar-refractivity contribution >= 4 is 0 Å². The Morgan fingerprint density at radius 1 is 1.20 bits per heavy atom. The maximum atomic E-state index is 10.4. The average molecular weight is 213 g/mol. The van der Waals surface area contributed by atoms with Crippen LogP contribution in [0.2, 0.25) is 0 Å². The molecule has 0 saturated heterocycles. The smallest absolute Gasteiger partial charge is 0.0771 e. The number of rotatable bonds is 5. The van der Waals surface area contributed by atoms with Gasteiger partial charge in [-0.2, -0.15) is 0 Å². The monoisotopic (exact) mass is 213 g/mol. The molecule has 2 N–H and O–H groups in total. The molecule has 0 bridgehead atoms. The van der Waals surface area contributed by atoms with Crippen LogP contribution in [0, 0.1) is 11.8 Å². The first-order valence-electron chi connectivity index (χ1n) is 6.53. The van der Waals surface area contributed by atoms with Crippen LogP contribution in [0.25, 0.3) is 0 Å². The van der Waals surface area contributed by atoms with Crippen LogP contribution in [0.4, 0.5) is 0 Å². The third-order valence-corrected chi connectivity index (χ3v) is 4.04. The van der Waals surface area contributed by atoms with Gasteiger partial charge in [0.15, 0.2) is 0 Å². The van der Waals surface area contributed by atoms with E-state index in [0.29, 0.717) is 5.92 Å². The number of nitrogens with one attached hydrogen (secondary N) is 1. The lowest BCUT2D eigenvalue weighted by Crippen LogP contribution is -2.45. The van der Waals surface area contributed by atoms with E-state index in [-0.39, 0.29) is 0 Å². The van der Waals surface area contributed by atoms with Gasteiger partial charge >= 0.3 is 0 Å². The predicted octanol–water partition coefficient (Wildman–Crippen LogP) is 2.56. The van der Waals surface area contributed by atoms with Gasteiger partial charge < -0.3 is 10.4 Å². The van der Waals surface area contributed by atoms with Crippen molar-refractivity contribution in [1.82, 2.24) is 5.32 Å². The summed E-state index contributed by atoms with van der Waals surface area (Å²) >= 11 is 0. The average Bonchev–Trinajstić information content (AvgIpc) is 2.26. The first kappa shape index (κ1) is 13.0. The normalized spacial score (nSPS) is 31.2. The van der Waals surface area contributed by atoms with Gasteiger partial charge in [0.1, 0.15) is 0 Å². The zero-order chi connectivity index (χ0) is 11.3. The third kappa shape index (κ3) is 3.76. The Kier molecular flexibility index (Phi) is 5.07. The molecule has 2 nitrogen and oxygen atoms in total. The summed E-state index contributed by atoms with van der Waals surface area (Å²) in [5.41, 5.74) is -0.505. The van der Waals surface area contributed by atoms with E-state index in [0.717, 1.165) is 19.0 Å². The second kappa shape index (κ2) is 5.86. The molecule has 0 aliphatic heterocycles. The lowest BCUT2D eigenvalue weighted by molar-refractivity contribution is -0.0208. The Morgan fingerprint density at radius 3 is 2.27 bits per heavy atom. The standard InChI is InChI=1S/C13H27NO/c1-4-11-6-8-12(9-7-11)13(3,15)10-14-5-2/h11-12,14-15H,4-10H2,1-3H3. The summed E-state index contributed by atoms with van der Waals surface area (Å²) in [5, 5.41) is 13.6. The fraction of sp³-hybridized carbons (Fsp3) is 1.00. The molecule has 1 aliphatic carbocycles. The molecule has 0 heterocycles. The van der Waals surface area contributed by atoms with Crippen molar-refractivity contribution in [2.45, 2.75) is 58.5 Å². The van der Waals surface area contributed by atoms with Crippen molar-refractivity contribution < 1.29 is 5.11 Å². The van der Waals surface area contributed by atoms with Crippen LogP contribution in [-0.4, -0.2) is 23.8 Å². The summed E-state index contributed by atoms with van der Waals surface area (Å²) in [7, 11) is 0. The Morgan fingerprint density at radius 2 is 1.80 bits per heavy atom. The molecular weight excluding hydrogens is 186 g/mol. The van der Waals surface area contributed by atoms with E-state index in [2.05, 4.69) is 19.2 Å². The van der Waals surface area contributed by atoms with E-state index < -0.39 is 5.60 Å². The van der Waals surface area contributed by atoms with Crippen molar-refractivity contribution in [2.75, 3.05) is 13.1 Å². The molecule has 0 aromatic heterocycles. The summed E-state index contributed by atoms with van der Waals surface area (Å²) in [6, 6.07) is 0. The van der Waals surface area contributed by atoms with E-state index >= 15 is 0 Å². The topological polar surface area (TPSA) is 32.3 Å². The first-order chi connectivity index (χ1) is 7.10. The van der Waals surface area contributed by atoms with Gasteiger partial charge in [-0.25, -0.2) is 0 Å². The molecule has 90 valence electrons. The number of hydrogen-bond acceptors (Lipinski definition) is 2. The van der Waals surface area contributed by atoms with Crippen LogP contribution in [0.5, 0.6) is 0 Å². The minimum Gasteiger partial charge on any atom is -0.389 e. The molecule has 1 fully saturated rings. The second-order valence-electron chi connectivity index (χ2n) is 5.26. The molecule has 0 amide bonds. The molecule has 1 saturated carbocycles. The first-order valence-corrected chi connectivity index (χ1v) is 6.53. The molecule has 0 spiro atoms. The zero-order valence-corrected chi connectivity index (χ0v) is 10.6. The van der Waals surface area contributed by atoms with E-state index in [1.807, 2.05) is 6.92 Å². The minimum absolute atomic E-state index is 0.499. The van der Waals surface area contributed by atoms with Gasteiger partial charge in [0.2, 0.25) is 0 Å². The highest BCUT2D eigenvalue weighted by Crippen LogP contribution is 2.36. The van der Waals surface area contributed by atoms with Crippen molar-refractivity contribution in [3.8, 4) is 0 Å². The molecule has 1 atom stereocenters. The number of aliphatic hydroxyl groups is 1. The van der Waals surface area contributed by atoms with Crippen LogP contribution in [0.15, 0.2) is 0 Å². The lowest BCUT2D eigenvalue weighted by atomic mass is 9.73. The van der Waals surface area contributed by atoms with Crippen LogP contribution in [0.1, 0.15) is 52.9 Å². The number of likely N-dealkylation sites (N-methyl/N-ethyl adjacent to an activating group) is 1. The molecule has 0 aromatic carbocycles. The van der Waals surface area contributed by atoms with Crippen LogP contribution in [-0.2, 0) is 0 Å². The fourth-order valence-corrected chi connectivity index (χ4v) is 2.72. The van der Waals surface area contributed by atoms with Crippen molar-refractivity contribution in [2.24, 2.45) is 11.8 Å². The summed E-state index contributed by atoms with van der Waals surface area (Å²) in [5.74, 6) is 1.41. The van der Waals surface area contributed by atoms with Crippen LogP contribution in [0.3, 0.4) is 0 Å². The number of hydrogen-bond donors (Lipinski definition) is 2. The zero-order valence-electron chi connectivity index (χ0n) is 10.6. The van der Waals surface area contributed by atoms with Gasteiger partial charge in [0.05, 0.1) is 5.60 Å². The Bertz CT molecular complexity index is 171. The molecular formula is C13H27NO. The maximum absolute atomic E-state index is 10.4. The van der Waals surface area contributed by atoms with Gasteiger partial charge in [-0.15, -0.1) is 0 Å². The molecule has 1 unspecified atom stereocenters. The molecule has 1 aliphatic rings. The lowest BCUT2D eigenvalue weighted by Gasteiger charge is -2.38. The quantitative estimate of drug-likeness (QED) is 0.735. The molecule has 0 aromatic rings. The molecule has 15 heavy (non-hydrogen) atoms. The Balaban J connectivity index is 2.37. The van der Waals surface area contributed by atoms with Crippen molar-refractivity contribution in [3.63, 3.8) is 0 Å². The Labute approximate surface area is 94.5 Å². The van der Waals surface area contributed by atoms with Gasteiger partial charge in [-0.3, -0.25) is 0 Å². The van der Waals surface area contributed by atoms with Crippen molar-refractivity contribution in [1.29, 1.82) is 0 Å². The SMILES string of the molecule is CCNCC(C)(O)C1CCC(CC)CC1. The van der Waals surface area contributed by atoms with E-state index in [1.54, 1.807) is 0 Å². The largest absolute Gasteiger partial charge is 0.389 e. The molecule has 2 heteroatoms. The van der Waals surface area contributed by atoms with Crippen LogP contribution >= 0.6 is 0 Å². The van der Waals surface area contributed by atoms with E-state index in [9.17, 15) is 5.11 Å². The summed E-state index contributed by atoms with van der Waals surface area (Å²) in [6.07, 6.45) is 6.34. The highest BCUT2D eigenvalue weighted by Gasteiger charge is 2.34. The maximum Gasteiger partial charge on any atom is 0.0771 e. The highest BCUT2D eigenvalue weighted by atomic mass is 16.3. The van der Waals surface area contributed by atoms with Gasteiger partial charge in [0.25, 0.3) is 0 Å². The third-order valence-electron chi connectivity index (χ3n) is 4.04. The van der Waals surface area contributed by atoms with E-state index in [1.165, 1.54) is 32.1 Å². The second-order valence-corrected chi connectivity index (χ2v) is 5.26. The summed E-state index contributed by atoms with van der Waals surface area (Å²) < 4.78 is 0. The van der Waals surface area contributed by atoms with Gasteiger partial charge in [-0.05, 0) is 38.1 Å². The Hall–Kier alpha value is -0.0800. The van der Waals surface area contributed by atoms with Crippen molar-refractivity contribution in [3.05, 3.63) is 0 Å². The summed E-state index contributed by atoms with van der Waals surface area (Å²) in [4.78, 5) is 0. The van der Waals surface area contributed by atoms with Gasteiger partial charge in [-0.1, -0.05) is 33.1 Å². The fourth-order valence-electron chi connectivity index (χ4n) is 2.72. The van der Waals surface area contributed by atoms with Crippen LogP contribution < -0.4 is 5.32 Å². The van der Waals surface area contributed by atoms with Gasteiger partial charge in [0, 0.05) is 6.54 Å². The summed E-state index contributed by atoms with van der Waals surface area (Å²) in [6.45, 7) is 8.05. The minimum atomic E-state index is -0.505. The molecule has 1 rings (SSSR count).